The number of aryl methyl sites for hydroxylation is 2. The van der Waals surface area contributed by atoms with Crippen LogP contribution in [0.3, 0.4) is 0 Å². The highest BCUT2D eigenvalue weighted by atomic mass is 16.2. The van der Waals surface area contributed by atoms with Crippen molar-refractivity contribution in [2.75, 3.05) is 27.2 Å². The first-order chi connectivity index (χ1) is 14.0. The van der Waals surface area contributed by atoms with Crippen molar-refractivity contribution >= 4 is 5.91 Å². The molecule has 0 aliphatic carbocycles. The van der Waals surface area contributed by atoms with Gasteiger partial charge in [-0.05, 0) is 69.7 Å². The normalized spacial score (nSPS) is 15.6. The number of likely N-dealkylation sites (tertiary alicyclic amines) is 1. The second-order valence-corrected chi connectivity index (χ2v) is 8.60. The molecule has 0 N–H and O–H groups in total. The van der Waals surface area contributed by atoms with Gasteiger partial charge in [0, 0.05) is 44.9 Å². The fourth-order valence-electron chi connectivity index (χ4n) is 4.20. The zero-order valence-electron chi connectivity index (χ0n) is 18.5. The van der Waals surface area contributed by atoms with Crippen molar-refractivity contribution in [3.05, 3.63) is 52.8 Å². The molecule has 1 amide bonds. The van der Waals surface area contributed by atoms with E-state index in [0.717, 1.165) is 31.8 Å². The van der Waals surface area contributed by atoms with Crippen molar-refractivity contribution in [3.63, 3.8) is 0 Å². The van der Waals surface area contributed by atoms with Crippen LogP contribution in [-0.2, 0) is 30.7 Å². The summed E-state index contributed by atoms with van der Waals surface area (Å²) in [5, 5.41) is 4.48. The fourth-order valence-corrected chi connectivity index (χ4v) is 4.20. The first-order valence-electron chi connectivity index (χ1n) is 11.0. The van der Waals surface area contributed by atoms with E-state index in [1.165, 1.54) is 48.3 Å². The van der Waals surface area contributed by atoms with Crippen LogP contribution in [0.4, 0.5) is 0 Å². The first-order valence-corrected chi connectivity index (χ1v) is 11.0. The number of benzene rings is 1. The number of aromatic nitrogens is 2. The lowest BCUT2D eigenvalue weighted by molar-refractivity contribution is -0.128. The van der Waals surface area contributed by atoms with Crippen LogP contribution in [0.25, 0.3) is 0 Å². The van der Waals surface area contributed by atoms with E-state index in [9.17, 15) is 4.79 Å². The number of hydrogen-bond acceptors (Lipinski definition) is 3. The average molecular weight is 397 g/mol. The fraction of sp³-hybridized carbons (Fsp3) is 0.583. The molecular weight excluding hydrogens is 360 g/mol. The third-order valence-electron chi connectivity index (χ3n) is 6.28. The van der Waals surface area contributed by atoms with Gasteiger partial charge in [-0.15, -0.1) is 0 Å². The highest BCUT2D eigenvalue weighted by Crippen LogP contribution is 2.24. The second kappa shape index (κ2) is 10.1. The standard InChI is InChI=1S/C24H36N4O/c1-5-28-19(2)23(17-25-28)18-27-14-12-22(13-15-27)16-21-8-6-20(7-9-21)10-11-24(29)26(3)4/h6-9,17,22H,5,10-16,18H2,1-4H3. The molecule has 5 heteroatoms. The van der Waals surface area contributed by atoms with Gasteiger partial charge < -0.3 is 4.90 Å². The number of amides is 1. The Kier molecular flexibility index (Phi) is 7.48. The lowest BCUT2D eigenvalue weighted by Gasteiger charge is -2.32. The van der Waals surface area contributed by atoms with Crippen molar-refractivity contribution < 1.29 is 4.79 Å². The van der Waals surface area contributed by atoms with Crippen LogP contribution in [-0.4, -0.2) is 52.7 Å². The number of nitrogens with zero attached hydrogens (tertiary/aromatic N) is 4. The molecule has 5 nitrogen and oxygen atoms in total. The molecule has 158 valence electrons. The molecule has 1 aromatic carbocycles. The van der Waals surface area contributed by atoms with Crippen LogP contribution < -0.4 is 0 Å². The zero-order valence-corrected chi connectivity index (χ0v) is 18.5. The summed E-state index contributed by atoms with van der Waals surface area (Å²) in [6.07, 6.45) is 7.14. The Morgan fingerprint density at radius 3 is 2.38 bits per heavy atom. The Hall–Kier alpha value is -2.14. The molecule has 2 heterocycles. The maximum Gasteiger partial charge on any atom is 0.222 e. The summed E-state index contributed by atoms with van der Waals surface area (Å²) in [5.74, 6) is 0.963. The van der Waals surface area contributed by atoms with Crippen LogP contribution in [0.5, 0.6) is 0 Å². The smallest absolute Gasteiger partial charge is 0.222 e. The molecule has 1 aliphatic heterocycles. The summed E-state index contributed by atoms with van der Waals surface area (Å²) in [7, 11) is 3.63. The molecule has 1 aromatic heterocycles. The van der Waals surface area contributed by atoms with E-state index in [0.29, 0.717) is 6.42 Å². The van der Waals surface area contributed by atoms with Crippen molar-refractivity contribution in [2.24, 2.45) is 5.92 Å². The molecule has 1 aliphatic rings. The molecule has 3 rings (SSSR count). The molecule has 2 aromatic rings. The maximum atomic E-state index is 11.7. The molecule has 0 unspecified atom stereocenters. The van der Waals surface area contributed by atoms with Crippen LogP contribution in [0.1, 0.15) is 48.6 Å². The van der Waals surface area contributed by atoms with Gasteiger partial charge >= 0.3 is 0 Å². The summed E-state index contributed by atoms with van der Waals surface area (Å²) in [5.41, 5.74) is 5.35. The predicted octanol–water partition coefficient (Wildman–Crippen LogP) is 3.69. The quantitative estimate of drug-likeness (QED) is 0.683. The van der Waals surface area contributed by atoms with E-state index in [1.807, 2.05) is 20.3 Å². The lowest BCUT2D eigenvalue weighted by Crippen LogP contribution is -2.34. The predicted molar refractivity (Wildman–Crippen MR) is 118 cm³/mol. The van der Waals surface area contributed by atoms with E-state index in [1.54, 1.807) is 4.90 Å². The SMILES string of the molecule is CCn1ncc(CN2CCC(Cc3ccc(CCC(=O)N(C)C)cc3)CC2)c1C. The van der Waals surface area contributed by atoms with Gasteiger partial charge in [-0.2, -0.15) is 5.10 Å². The van der Waals surface area contributed by atoms with E-state index >= 15 is 0 Å². The number of piperidine rings is 1. The van der Waals surface area contributed by atoms with Gasteiger partial charge in [0.1, 0.15) is 0 Å². The molecule has 0 radical (unpaired) electrons. The van der Waals surface area contributed by atoms with Crippen molar-refractivity contribution in [1.82, 2.24) is 19.6 Å². The minimum Gasteiger partial charge on any atom is -0.349 e. The van der Waals surface area contributed by atoms with Crippen LogP contribution in [0, 0.1) is 12.8 Å². The van der Waals surface area contributed by atoms with E-state index in [4.69, 9.17) is 0 Å². The minimum absolute atomic E-state index is 0.193. The van der Waals surface area contributed by atoms with Crippen LogP contribution >= 0.6 is 0 Å². The third-order valence-corrected chi connectivity index (χ3v) is 6.28. The summed E-state index contributed by atoms with van der Waals surface area (Å²) in [6.45, 7) is 8.64. The van der Waals surface area contributed by atoms with Gasteiger partial charge in [0.05, 0.1) is 6.20 Å². The Balaban J connectivity index is 1.43. The van der Waals surface area contributed by atoms with Crippen LogP contribution in [0.2, 0.25) is 0 Å². The molecule has 0 atom stereocenters. The number of carbonyl (C=O) groups is 1. The van der Waals surface area contributed by atoms with Crippen LogP contribution in [0.15, 0.2) is 30.5 Å². The average Bonchev–Trinajstić information content (AvgIpc) is 3.08. The van der Waals surface area contributed by atoms with Gasteiger partial charge in [0.25, 0.3) is 0 Å². The molecule has 0 saturated carbocycles. The largest absolute Gasteiger partial charge is 0.349 e. The monoisotopic (exact) mass is 396 g/mol. The molecule has 0 bridgehead atoms. The summed E-state index contributed by atoms with van der Waals surface area (Å²) < 4.78 is 2.09. The topological polar surface area (TPSA) is 41.4 Å². The van der Waals surface area contributed by atoms with E-state index in [2.05, 4.69) is 52.8 Å². The van der Waals surface area contributed by atoms with Crippen molar-refractivity contribution in [3.8, 4) is 0 Å². The molecule has 29 heavy (non-hydrogen) atoms. The molecule has 1 saturated heterocycles. The molecular formula is C24H36N4O. The van der Waals surface area contributed by atoms with Crippen molar-refractivity contribution in [2.45, 2.75) is 59.0 Å². The Morgan fingerprint density at radius 1 is 1.14 bits per heavy atom. The molecule has 1 fully saturated rings. The number of carbonyl (C=O) groups excluding carboxylic acids is 1. The first kappa shape index (κ1) is 21.6. The van der Waals surface area contributed by atoms with Gasteiger partial charge in [0.2, 0.25) is 5.91 Å². The van der Waals surface area contributed by atoms with Gasteiger partial charge in [-0.1, -0.05) is 24.3 Å². The highest BCUT2D eigenvalue weighted by Gasteiger charge is 2.20. The van der Waals surface area contributed by atoms with Gasteiger partial charge in [0.15, 0.2) is 0 Å². The third kappa shape index (κ3) is 5.92. The summed E-state index contributed by atoms with van der Waals surface area (Å²) in [4.78, 5) is 16.0. The van der Waals surface area contributed by atoms with Gasteiger partial charge in [-0.25, -0.2) is 0 Å². The lowest BCUT2D eigenvalue weighted by atomic mass is 9.89. The van der Waals surface area contributed by atoms with Gasteiger partial charge in [-0.3, -0.25) is 14.4 Å². The second-order valence-electron chi connectivity index (χ2n) is 8.60. The van der Waals surface area contributed by atoms with E-state index < -0.39 is 0 Å². The summed E-state index contributed by atoms with van der Waals surface area (Å²) in [6, 6.07) is 8.90. The highest BCUT2D eigenvalue weighted by molar-refractivity contribution is 5.75. The summed E-state index contributed by atoms with van der Waals surface area (Å²) >= 11 is 0. The number of hydrogen-bond donors (Lipinski definition) is 0. The maximum absolute atomic E-state index is 11.7. The Bertz CT molecular complexity index is 786. The Morgan fingerprint density at radius 2 is 1.79 bits per heavy atom. The zero-order chi connectivity index (χ0) is 20.8. The Labute approximate surface area is 175 Å². The van der Waals surface area contributed by atoms with E-state index in [-0.39, 0.29) is 5.91 Å². The number of rotatable bonds is 8. The van der Waals surface area contributed by atoms with Crippen molar-refractivity contribution in [1.29, 1.82) is 0 Å². The minimum atomic E-state index is 0.193. The molecule has 0 spiro atoms.